The summed E-state index contributed by atoms with van der Waals surface area (Å²) in [6, 6.07) is 39.1. The number of benzene rings is 9. The smallest absolute Gasteiger partial charge is 0.161 e. The lowest BCUT2D eigenvalue weighted by atomic mass is 9.90. The Morgan fingerprint density at radius 1 is 0.278 bits per heavy atom. The molecule has 9 aromatic carbocycles. The summed E-state index contributed by atoms with van der Waals surface area (Å²) in [6.45, 7) is 48.3. The first-order valence-electron chi connectivity index (χ1n) is 40.6. The number of fused-ring (bicyclic) bond motifs is 12. The Morgan fingerprint density at radius 3 is 0.694 bits per heavy atom. The first kappa shape index (κ1) is 83.0. The fourth-order valence-electron chi connectivity index (χ4n) is 13.3. The molecule has 0 aliphatic carbocycles. The molecule has 0 fully saturated rings. The molecule has 0 N–H and O–H groups in total. The van der Waals surface area contributed by atoms with Gasteiger partial charge in [0.05, 0.1) is 89.4 Å². The van der Waals surface area contributed by atoms with Crippen LogP contribution < -0.4 is 47.4 Å². The summed E-state index contributed by atoms with van der Waals surface area (Å²) < 4.78 is 67.4. The van der Waals surface area contributed by atoms with Gasteiger partial charge in [0.25, 0.3) is 0 Å². The molecule has 0 spiro atoms. The first-order valence-corrected chi connectivity index (χ1v) is 40.6. The Morgan fingerprint density at radius 2 is 0.491 bits per heavy atom. The molecule has 0 saturated heterocycles. The SMILES string of the molecule is CCCCC(CC)COc1cc(/C=C(\C#N)c2ccc3c(c2)c2cc(OCC(C)C)c(OCC(C)C)cc2c2cc(OCC(C)C)c(OCC(C)C)cc32)c(OCC(CC)CCCC)cc1/C=C(\C#N)c1ccc2c(c1)c1cc(OCC(C)C)c(OCC(C)C)cc1c1cc(OCC(C)C)c(OCC(C)C)cc21. The van der Waals surface area contributed by atoms with E-state index in [1.54, 1.807) is 0 Å². The highest BCUT2D eigenvalue weighted by Gasteiger charge is 2.25. The topological polar surface area (TPSA) is 140 Å². The van der Waals surface area contributed by atoms with Crippen molar-refractivity contribution in [1.29, 1.82) is 10.5 Å². The fraction of sp³-hybridized carbons (Fsp3) is 0.500. The fourth-order valence-corrected chi connectivity index (χ4v) is 13.3. The van der Waals surface area contributed by atoms with Gasteiger partial charge in [0.15, 0.2) is 46.0 Å². The van der Waals surface area contributed by atoms with E-state index in [0.29, 0.717) is 146 Å². The molecule has 0 bridgehead atoms. The molecule has 2 atom stereocenters. The molecule has 0 aliphatic rings. The van der Waals surface area contributed by atoms with Crippen LogP contribution in [0.3, 0.4) is 0 Å². The average molecular weight is 1470 g/mol. The molecule has 12 nitrogen and oxygen atoms in total. The van der Waals surface area contributed by atoms with Crippen molar-refractivity contribution in [3.63, 3.8) is 0 Å². The Kier molecular flexibility index (Phi) is 30.3. The third-order valence-corrected chi connectivity index (χ3v) is 19.3. The third-order valence-electron chi connectivity index (χ3n) is 19.3. The predicted octanol–water partition coefficient (Wildman–Crippen LogP) is 26.2. The van der Waals surface area contributed by atoms with Crippen molar-refractivity contribution < 1.29 is 47.4 Å². The van der Waals surface area contributed by atoms with Gasteiger partial charge in [-0.15, -0.1) is 0 Å². The van der Waals surface area contributed by atoms with Crippen molar-refractivity contribution in [2.24, 2.45) is 59.2 Å². The van der Waals surface area contributed by atoms with Crippen LogP contribution in [0.25, 0.3) is 87.9 Å². The van der Waals surface area contributed by atoms with E-state index in [9.17, 15) is 10.5 Å². The maximum atomic E-state index is 11.7. The van der Waals surface area contributed by atoms with Gasteiger partial charge >= 0.3 is 0 Å². The van der Waals surface area contributed by atoms with Crippen LogP contribution in [0.15, 0.2) is 97.1 Å². The molecule has 0 aliphatic heterocycles. The summed E-state index contributed by atoms with van der Waals surface area (Å²) >= 11 is 0. The number of hydrogen-bond acceptors (Lipinski definition) is 12. The number of nitrogens with zero attached hydrogens (tertiary/aromatic N) is 2. The van der Waals surface area contributed by atoms with Crippen LogP contribution in [-0.2, 0) is 0 Å². The highest BCUT2D eigenvalue weighted by Crippen LogP contribution is 2.49. The van der Waals surface area contributed by atoms with Crippen molar-refractivity contribution in [1.82, 2.24) is 0 Å². The number of nitriles is 2. The molecule has 12 heteroatoms. The summed E-state index contributed by atoms with van der Waals surface area (Å²) in [6.07, 6.45) is 12.1. The minimum atomic E-state index is 0.264. The number of rotatable bonds is 42. The molecule has 0 radical (unpaired) electrons. The van der Waals surface area contributed by atoms with Crippen LogP contribution in [0, 0.1) is 81.8 Å². The zero-order valence-electron chi connectivity index (χ0n) is 68.9. The minimum absolute atomic E-state index is 0.264. The van der Waals surface area contributed by atoms with Gasteiger partial charge in [0.1, 0.15) is 11.5 Å². The largest absolute Gasteiger partial charge is 0.493 e. The molecule has 9 aromatic rings. The van der Waals surface area contributed by atoms with Crippen LogP contribution in [0.5, 0.6) is 57.5 Å². The number of unbranched alkanes of at least 4 members (excludes halogenated alkanes) is 2. The van der Waals surface area contributed by atoms with Crippen molar-refractivity contribution in [3.8, 4) is 69.6 Å². The Hall–Kier alpha value is -9.00. The second-order valence-corrected chi connectivity index (χ2v) is 33.3. The van der Waals surface area contributed by atoms with E-state index in [1.807, 2.05) is 24.3 Å². The molecule has 0 aromatic heterocycles. The number of ether oxygens (including phenoxy) is 10. The van der Waals surface area contributed by atoms with Gasteiger partial charge in [0, 0.05) is 11.1 Å². The lowest BCUT2D eigenvalue weighted by molar-refractivity contribution is 0.227. The zero-order chi connectivity index (χ0) is 77.9. The van der Waals surface area contributed by atoms with Gasteiger partial charge < -0.3 is 47.4 Å². The molecule has 0 heterocycles. The van der Waals surface area contributed by atoms with E-state index >= 15 is 0 Å². The molecule has 578 valence electrons. The van der Waals surface area contributed by atoms with Gasteiger partial charge in [-0.25, -0.2) is 0 Å². The van der Waals surface area contributed by atoms with Crippen molar-refractivity contribution in [2.45, 2.75) is 190 Å². The monoisotopic (exact) mass is 1460 g/mol. The van der Waals surface area contributed by atoms with Crippen LogP contribution >= 0.6 is 0 Å². The van der Waals surface area contributed by atoms with Crippen LogP contribution in [0.4, 0.5) is 0 Å². The molecule has 108 heavy (non-hydrogen) atoms. The van der Waals surface area contributed by atoms with Gasteiger partial charge in [0.2, 0.25) is 0 Å². The van der Waals surface area contributed by atoms with E-state index in [-0.39, 0.29) is 59.2 Å². The Balaban J connectivity index is 1.30. The molecular formula is C96H124N2O10. The van der Waals surface area contributed by atoms with Crippen LogP contribution in [-0.4, -0.2) is 66.1 Å². The summed E-state index contributed by atoms with van der Waals surface area (Å²) in [7, 11) is 0. The minimum Gasteiger partial charge on any atom is -0.493 e. The second-order valence-electron chi connectivity index (χ2n) is 33.3. The third kappa shape index (κ3) is 21.7. The lowest BCUT2D eigenvalue weighted by Crippen LogP contribution is -2.13. The highest BCUT2D eigenvalue weighted by molar-refractivity contribution is 6.28. The summed E-state index contributed by atoms with van der Waals surface area (Å²) in [4.78, 5) is 0. The molecular weight excluding hydrogens is 1340 g/mol. The van der Waals surface area contributed by atoms with Crippen molar-refractivity contribution in [3.05, 3.63) is 119 Å². The standard InChI is InChI=1S/C96H124N2O10/c1-21-25-27-67(23-3)57-107-87-37-72(34-74(48-98)70-30-32-76-78(36-70)82-42-92(102-52-62(11)12)96(106-56-66(19)20)46-86(82)84-44-94(104-54-64(15)16)90(40-80(76)84)100-50-60(7)8)88(108-58-68(24-4)28-26-22-2)38-71(87)33-73(47-97)69-29-31-75-77(35-69)81-41-91(101-51-61(9)10)95(105-55-65(17)18)45-85(81)83-43-93(103-53-63(13)14)89(39-79(75)83)99-49-59(5)6/h29-46,59-68H,21-28,49-58H2,1-20H3/b73-33+,74-34+. The van der Waals surface area contributed by atoms with Gasteiger partial charge in [-0.3, -0.25) is 0 Å². The molecule has 2 unspecified atom stereocenters. The van der Waals surface area contributed by atoms with Crippen molar-refractivity contribution >= 4 is 87.9 Å². The molecule has 0 amide bonds. The second kappa shape index (κ2) is 39.4. The van der Waals surface area contributed by atoms with Gasteiger partial charge in [-0.2, -0.15) is 10.5 Å². The van der Waals surface area contributed by atoms with Gasteiger partial charge in [-0.1, -0.05) is 201 Å². The quantitative estimate of drug-likeness (QED) is 0.0204. The van der Waals surface area contributed by atoms with E-state index in [2.05, 4.69) is 236 Å². The number of allylic oxidation sites excluding steroid dienone is 2. The summed E-state index contributed by atoms with van der Waals surface area (Å²) in [5, 5.41) is 35.0. The summed E-state index contributed by atoms with van der Waals surface area (Å²) in [5.41, 5.74) is 3.70. The Bertz CT molecular complexity index is 4380. The average Bonchev–Trinajstić information content (AvgIpc) is 0.734. The highest BCUT2D eigenvalue weighted by atomic mass is 16.5. The lowest BCUT2D eigenvalue weighted by Gasteiger charge is -2.21. The maximum Gasteiger partial charge on any atom is 0.161 e. The van der Waals surface area contributed by atoms with Crippen LogP contribution in [0.2, 0.25) is 0 Å². The molecule has 9 rings (SSSR count). The maximum absolute atomic E-state index is 11.7. The van der Waals surface area contributed by atoms with E-state index < -0.39 is 0 Å². The number of hydrogen-bond donors (Lipinski definition) is 0. The van der Waals surface area contributed by atoms with E-state index in [0.717, 1.165) is 127 Å². The van der Waals surface area contributed by atoms with E-state index in [1.165, 1.54) is 0 Å². The summed E-state index contributed by atoms with van der Waals surface area (Å²) in [5.74, 6) is 9.35. The Labute approximate surface area is 646 Å². The normalized spacial score (nSPS) is 12.9. The molecule has 0 saturated carbocycles. The van der Waals surface area contributed by atoms with Crippen LogP contribution in [0.1, 0.15) is 212 Å². The van der Waals surface area contributed by atoms with E-state index in [4.69, 9.17) is 47.4 Å². The van der Waals surface area contributed by atoms with Crippen molar-refractivity contribution in [2.75, 3.05) is 66.1 Å². The van der Waals surface area contributed by atoms with Gasteiger partial charge in [-0.05, 0) is 233 Å². The first-order chi connectivity index (χ1) is 51.8. The zero-order valence-corrected chi connectivity index (χ0v) is 68.9. The predicted molar refractivity (Wildman–Crippen MR) is 452 cm³/mol.